The van der Waals surface area contributed by atoms with Gasteiger partial charge in [-0.1, -0.05) is 78.2 Å². The van der Waals surface area contributed by atoms with Gasteiger partial charge >= 0.3 is 22.4 Å². The van der Waals surface area contributed by atoms with E-state index in [0.717, 1.165) is 31.8 Å². The van der Waals surface area contributed by atoms with Crippen LogP contribution in [0.1, 0.15) is 0 Å². The number of benzene rings is 6. The van der Waals surface area contributed by atoms with Crippen molar-refractivity contribution in [3.8, 4) is 5.40 Å². The third kappa shape index (κ3) is 11.1. The maximum absolute atomic E-state index is 13.2. The van der Waals surface area contributed by atoms with Crippen LogP contribution in [-0.4, -0.2) is 0 Å². The van der Waals surface area contributed by atoms with Gasteiger partial charge in [-0.3, -0.25) is 0 Å². The third-order valence-corrected chi connectivity index (χ3v) is 11.4. The van der Waals surface area contributed by atoms with Crippen molar-refractivity contribution in [1.82, 2.24) is 0 Å². The topological polar surface area (TPSA) is 23.8 Å². The molecule has 0 N–H and O–H groups in total. The Morgan fingerprint density at radius 3 is 0.542 bits per heavy atom. The zero-order chi connectivity index (χ0) is 33.8. The molecule has 0 saturated heterocycles. The van der Waals surface area contributed by atoms with Crippen molar-refractivity contribution in [2.75, 3.05) is 0 Å². The first-order valence-electron chi connectivity index (χ1n) is 13.8. The van der Waals surface area contributed by atoms with Crippen molar-refractivity contribution < 1.29 is 48.7 Å². The Kier molecular flexibility index (Phi) is 15.5. The minimum absolute atomic E-state index is 0. The molecule has 11 heteroatoms. The Morgan fingerprint density at radius 1 is 0.333 bits per heavy atom. The molecule has 6 rings (SSSR count). The molecule has 0 radical (unpaired) electrons. The Morgan fingerprint density at radius 2 is 0.438 bits per heavy atom. The molecule has 246 valence electrons. The van der Waals surface area contributed by atoms with E-state index in [4.69, 9.17) is 5.26 Å². The summed E-state index contributed by atoms with van der Waals surface area (Å²) in [5, 5.41) is 14.0. The fourth-order valence-corrected chi connectivity index (χ4v) is 8.91. The quantitative estimate of drug-likeness (QED) is 0.0567. The second-order valence-corrected chi connectivity index (χ2v) is 14.2. The summed E-state index contributed by atoms with van der Waals surface area (Å²) >= 11 is 3.70. The molecule has 0 aliphatic rings. The zero-order valence-electron chi connectivity index (χ0n) is 24.7. The van der Waals surface area contributed by atoms with Gasteiger partial charge in [-0.25, -0.2) is 31.6 Å². The molecule has 0 fully saturated rings. The van der Waals surface area contributed by atoms with E-state index in [1.807, 2.05) is 0 Å². The summed E-state index contributed by atoms with van der Waals surface area (Å²) in [4.78, 5) is 0. The van der Waals surface area contributed by atoms with Crippen molar-refractivity contribution in [1.29, 1.82) is 5.26 Å². The first-order valence-corrected chi connectivity index (χ1v) is 16.9. The molecule has 0 spiro atoms. The summed E-state index contributed by atoms with van der Waals surface area (Å²) in [6, 6.07) is 37.4. The fourth-order valence-electron chi connectivity index (χ4n) is 4.44. The second-order valence-electron chi connectivity index (χ2n) is 9.62. The molecule has 0 atom stereocenters. The van der Waals surface area contributed by atoms with Crippen molar-refractivity contribution in [3.63, 3.8) is 0 Å². The van der Waals surface area contributed by atoms with Gasteiger partial charge < -0.3 is 12.6 Å². The van der Waals surface area contributed by atoms with E-state index in [9.17, 15) is 26.3 Å². The van der Waals surface area contributed by atoms with Gasteiger partial charge in [0.25, 0.3) is 0 Å². The number of thiocyanates is 1. The normalized spacial score (nSPS) is 10.1. The molecule has 6 aromatic carbocycles. The van der Waals surface area contributed by atoms with E-state index >= 15 is 0 Å². The van der Waals surface area contributed by atoms with E-state index in [-0.39, 0.29) is 57.3 Å². The van der Waals surface area contributed by atoms with E-state index in [2.05, 4.69) is 12.6 Å². The van der Waals surface area contributed by atoms with Crippen LogP contribution in [-0.2, 0) is 35.0 Å². The number of hydrogen-bond donors (Lipinski definition) is 0. The van der Waals surface area contributed by atoms with E-state index in [1.54, 1.807) is 72.8 Å². The van der Waals surface area contributed by atoms with E-state index in [0.29, 0.717) is 0 Å². The Bertz CT molecular complexity index is 1530. The number of nitrogens with zero attached hydrogens (tertiary/aromatic N) is 1. The number of halogens is 6. The second kappa shape index (κ2) is 19.3. The smallest absolute Gasteiger partial charge is 0.696 e. The van der Waals surface area contributed by atoms with Gasteiger partial charge in [0.2, 0.25) is 0 Å². The Labute approximate surface area is 298 Å². The SMILES string of the molecule is Fc1ccc(P(c2ccc(F)cc2)c2ccc(F)cc2)cc1.Fc1ccc(P(c2ccc(F)cc2)c2ccc(F)cc2)cc1.N#C[S-].[Ag+]. The summed E-state index contributed by atoms with van der Waals surface area (Å²) in [7, 11) is -1.97. The fraction of sp³-hybridized carbons (Fsp3) is 0. The van der Waals surface area contributed by atoms with Gasteiger partial charge in [0.1, 0.15) is 34.9 Å². The van der Waals surface area contributed by atoms with Gasteiger partial charge in [0, 0.05) is 0 Å². The first-order chi connectivity index (χ1) is 22.7. The van der Waals surface area contributed by atoms with Crippen LogP contribution in [0.25, 0.3) is 0 Å². The number of rotatable bonds is 6. The molecule has 0 unspecified atom stereocenters. The summed E-state index contributed by atoms with van der Waals surface area (Å²) in [5.41, 5.74) is 0. The van der Waals surface area contributed by atoms with Crippen LogP contribution in [0.2, 0.25) is 0 Å². The minimum atomic E-state index is -0.983. The van der Waals surface area contributed by atoms with E-state index < -0.39 is 15.8 Å². The monoisotopic (exact) mass is 797 g/mol. The minimum Gasteiger partial charge on any atom is -0.696 e. The predicted molar refractivity (Wildman–Crippen MR) is 183 cm³/mol. The molecule has 0 bridgehead atoms. The summed E-state index contributed by atoms with van der Waals surface area (Å²) in [6.07, 6.45) is 0. The molecule has 48 heavy (non-hydrogen) atoms. The van der Waals surface area contributed by atoms with Gasteiger partial charge in [-0.05, 0) is 120 Å². The maximum Gasteiger partial charge on any atom is 1.00 e. The molecule has 0 amide bonds. The average Bonchev–Trinajstić information content (AvgIpc) is 3.07. The molecule has 6 aromatic rings. The van der Waals surface area contributed by atoms with Gasteiger partial charge in [-0.2, -0.15) is 0 Å². The molecule has 0 aliphatic heterocycles. The summed E-state index contributed by atoms with van der Waals surface area (Å²) in [5.74, 6) is -1.85. The van der Waals surface area contributed by atoms with Crippen LogP contribution in [0.3, 0.4) is 0 Å². The van der Waals surface area contributed by atoms with Crippen LogP contribution in [0, 0.1) is 45.6 Å². The van der Waals surface area contributed by atoms with Crippen LogP contribution in [0.4, 0.5) is 26.3 Å². The van der Waals surface area contributed by atoms with Gasteiger partial charge in [-0.15, -0.1) is 0 Å². The van der Waals surface area contributed by atoms with Crippen LogP contribution in [0.5, 0.6) is 0 Å². The van der Waals surface area contributed by atoms with Crippen LogP contribution < -0.4 is 31.8 Å². The Balaban J connectivity index is 0.000000236. The molecular formula is C37H24AgF6NP2S. The predicted octanol–water partition coefficient (Wildman–Crippen LogP) is 7.74. The van der Waals surface area contributed by atoms with Gasteiger partial charge in [0.05, 0.1) is 0 Å². The summed E-state index contributed by atoms with van der Waals surface area (Å²) < 4.78 is 79.0. The van der Waals surface area contributed by atoms with E-state index in [1.165, 1.54) is 78.2 Å². The van der Waals surface area contributed by atoms with Crippen molar-refractivity contribution in [3.05, 3.63) is 180 Å². The zero-order valence-corrected chi connectivity index (χ0v) is 28.8. The third-order valence-electron chi connectivity index (χ3n) is 6.51. The Hall–Kier alpha value is -3.79. The molecule has 0 aliphatic carbocycles. The van der Waals surface area contributed by atoms with Gasteiger partial charge in [0.15, 0.2) is 0 Å². The molecule has 0 heterocycles. The van der Waals surface area contributed by atoms with Crippen LogP contribution >= 0.6 is 15.8 Å². The molecular weight excluding hydrogens is 774 g/mol. The van der Waals surface area contributed by atoms with Crippen molar-refractivity contribution in [2.45, 2.75) is 0 Å². The average molecular weight is 798 g/mol. The summed E-state index contributed by atoms with van der Waals surface area (Å²) in [6.45, 7) is 0. The standard InChI is InChI=1S/2C18H12F3P.CHNS.Ag/c2*19-13-1-7-16(8-2-13)22(17-9-3-14(20)4-10-17)18-11-5-15(21)6-12-18;2-1-3;/h2*1-12H;3H;/q;;;+1/p-1. The first kappa shape index (κ1) is 38.7. The van der Waals surface area contributed by atoms with Crippen LogP contribution in [0.15, 0.2) is 146 Å². The molecule has 0 aromatic heterocycles. The number of nitriles is 1. The van der Waals surface area contributed by atoms with Crippen molar-refractivity contribution in [2.24, 2.45) is 0 Å². The molecule has 0 saturated carbocycles. The largest absolute Gasteiger partial charge is 1.00 e. The van der Waals surface area contributed by atoms with Crippen molar-refractivity contribution >= 4 is 60.3 Å². The maximum atomic E-state index is 13.2. The molecule has 1 nitrogen and oxygen atoms in total. The number of hydrogen-bond acceptors (Lipinski definition) is 2.